The number of amides is 1. The molecule has 8 nitrogen and oxygen atoms in total. The normalized spacial score (nSPS) is 14.6. The molecule has 33 heavy (non-hydrogen) atoms. The SMILES string of the molecule is COc1ccc(OC)c(CN2CCN(C(=O)CCc3c(C)nc4cc(C)nn4c3C)CC2)c1. The highest BCUT2D eigenvalue weighted by Gasteiger charge is 2.23. The summed E-state index contributed by atoms with van der Waals surface area (Å²) < 4.78 is 12.8. The van der Waals surface area contributed by atoms with Crippen molar-refractivity contribution in [2.24, 2.45) is 0 Å². The molecule has 2 aromatic heterocycles. The van der Waals surface area contributed by atoms with Crippen molar-refractivity contribution in [3.05, 3.63) is 52.5 Å². The third kappa shape index (κ3) is 4.95. The van der Waals surface area contributed by atoms with Crippen molar-refractivity contribution in [3.63, 3.8) is 0 Å². The Morgan fingerprint density at radius 1 is 1.03 bits per heavy atom. The highest BCUT2D eigenvalue weighted by molar-refractivity contribution is 5.76. The van der Waals surface area contributed by atoms with E-state index in [0.29, 0.717) is 12.8 Å². The standard InChI is InChI=1S/C25H33N5O3/c1-17-14-24-26-18(2)22(19(3)30(24)27-17)7-9-25(31)29-12-10-28(11-13-29)16-20-15-21(32-4)6-8-23(20)33-5/h6,8,14-15H,7,9-13,16H2,1-5H3. The Balaban J connectivity index is 1.34. The minimum Gasteiger partial charge on any atom is -0.497 e. The van der Waals surface area contributed by atoms with Crippen molar-refractivity contribution >= 4 is 11.6 Å². The highest BCUT2D eigenvalue weighted by atomic mass is 16.5. The van der Waals surface area contributed by atoms with Gasteiger partial charge in [0.1, 0.15) is 11.5 Å². The van der Waals surface area contributed by atoms with E-state index < -0.39 is 0 Å². The minimum atomic E-state index is 0.198. The van der Waals surface area contributed by atoms with E-state index >= 15 is 0 Å². The molecule has 0 atom stereocenters. The molecular formula is C25H33N5O3. The summed E-state index contributed by atoms with van der Waals surface area (Å²) in [6.45, 7) is 9.96. The largest absolute Gasteiger partial charge is 0.497 e. The second-order valence-electron chi connectivity index (χ2n) is 8.65. The van der Waals surface area contributed by atoms with Crippen LogP contribution in [0.25, 0.3) is 5.65 Å². The second-order valence-corrected chi connectivity index (χ2v) is 8.65. The third-order valence-corrected chi connectivity index (χ3v) is 6.48. The molecule has 1 amide bonds. The summed E-state index contributed by atoms with van der Waals surface area (Å²) in [6, 6.07) is 7.85. The lowest BCUT2D eigenvalue weighted by Gasteiger charge is -2.35. The first-order chi connectivity index (χ1) is 15.9. The van der Waals surface area contributed by atoms with E-state index in [-0.39, 0.29) is 5.91 Å². The highest BCUT2D eigenvalue weighted by Crippen LogP contribution is 2.26. The van der Waals surface area contributed by atoms with Gasteiger partial charge in [-0.2, -0.15) is 5.10 Å². The molecule has 0 spiro atoms. The summed E-state index contributed by atoms with van der Waals surface area (Å²) in [5.74, 6) is 1.88. The number of benzene rings is 1. The maximum absolute atomic E-state index is 12.9. The molecule has 0 N–H and O–H groups in total. The van der Waals surface area contributed by atoms with Crippen molar-refractivity contribution < 1.29 is 14.3 Å². The number of carbonyl (C=O) groups is 1. The van der Waals surface area contributed by atoms with Gasteiger partial charge in [-0.25, -0.2) is 9.50 Å². The topological polar surface area (TPSA) is 72.2 Å². The zero-order chi connectivity index (χ0) is 23.5. The lowest BCUT2D eigenvalue weighted by molar-refractivity contribution is -0.133. The maximum Gasteiger partial charge on any atom is 0.222 e. The molecule has 4 rings (SSSR count). The Morgan fingerprint density at radius 2 is 1.79 bits per heavy atom. The quantitative estimate of drug-likeness (QED) is 0.550. The maximum atomic E-state index is 12.9. The Bertz CT molecular complexity index is 1150. The number of ether oxygens (including phenoxy) is 2. The molecule has 1 saturated heterocycles. The monoisotopic (exact) mass is 451 g/mol. The molecule has 0 aliphatic carbocycles. The number of fused-ring (bicyclic) bond motifs is 1. The molecule has 1 aliphatic rings. The number of rotatable bonds is 7. The van der Waals surface area contributed by atoms with Crippen LogP contribution in [0.1, 0.15) is 34.6 Å². The van der Waals surface area contributed by atoms with Crippen molar-refractivity contribution in [1.82, 2.24) is 24.4 Å². The smallest absolute Gasteiger partial charge is 0.222 e. The number of aryl methyl sites for hydroxylation is 3. The first-order valence-electron chi connectivity index (χ1n) is 11.4. The molecule has 176 valence electrons. The summed E-state index contributed by atoms with van der Waals surface area (Å²) in [4.78, 5) is 21.9. The van der Waals surface area contributed by atoms with Gasteiger partial charge in [0.15, 0.2) is 5.65 Å². The summed E-state index contributed by atoms with van der Waals surface area (Å²) in [6.07, 6.45) is 1.17. The van der Waals surface area contributed by atoms with Gasteiger partial charge in [-0.3, -0.25) is 9.69 Å². The molecule has 3 heterocycles. The van der Waals surface area contributed by atoms with Crippen LogP contribution in [-0.4, -0.2) is 70.7 Å². The van der Waals surface area contributed by atoms with Crippen LogP contribution >= 0.6 is 0 Å². The first kappa shape index (κ1) is 23.0. The van der Waals surface area contributed by atoms with Crippen molar-refractivity contribution in [3.8, 4) is 11.5 Å². The van der Waals surface area contributed by atoms with E-state index in [1.54, 1.807) is 14.2 Å². The van der Waals surface area contributed by atoms with Crippen LogP contribution < -0.4 is 9.47 Å². The Morgan fingerprint density at radius 3 is 2.48 bits per heavy atom. The third-order valence-electron chi connectivity index (χ3n) is 6.48. The number of methoxy groups -OCH3 is 2. The Labute approximate surface area is 195 Å². The van der Waals surface area contributed by atoms with Crippen LogP contribution in [0.2, 0.25) is 0 Å². The van der Waals surface area contributed by atoms with E-state index in [0.717, 1.165) is 78.1 Å². The fraction of sp³-hybridized carbons (Fsp3) is 0.480. The molecule has 0 bridgehead atoms. The van der Waals surface area contributed by atoms with Gasteiger partial charge in [0.2, 0.25) is 5.91 Å². The number of piperazine rings is 1. The number of hydrogen-bond acceptors (Lipinski definition) is 6. The van der Waals surface area contributed by atoms with E-state index in [1.807, 2.05) is 47.5 Å². The minimum absolute atomic E-state index is 0.198. The predicted molar refractivity (Wildman–Crippen MR) is 127 cm³/mol. The van der Waals surface area contributed by atoms with Gasteiger partial charge in [-0.15, -0.1) is 0 Å². The van der Waals surface area contributed by atoms with E-state index in [2.05, 4.69) is 21.9 Å². The molecular weight excluding hydrogens is 418 g/mol. The van der Waals surface area contributed by atoms with Crippen molar-refractivity contribution in [2.45, 2.75) is 40.2 Å². The molecule has 1 fully saturated rings. The van der Waals surface area contributed by atoms with Crippen LogP contribution in [0, 0.1) is 20.8 Å². The van der Waals surface area contributed by atoms with Gasteiger partial charge in [0.25, 0.3) is 0 Å². The second kappa shape index (κ2) is 9.79. The van der Waals surface area contributed by atoms with Crippen LogP contribution in [-0.2, 0) is 17.8 Å². The average molecular weight is 452 g/mol. The number of hydrogen-bond donors (Lipinski definition) is 0. The van der Waals surface area contributed by atoms with E-state index in [4.69, 9.17) is 9.47 Å². The van der Waals surface area contributed by atoms with Gasteiger partial charge < -0.3 is 14.4 Å². The molecule has 0 unspecified atom stereocenters. The van der Waals surface area contributed by atoms with Crippen molar-refractivity contribution in [2.75, 3.05) is 40.4 Å². The molecule has 0 saturated carbocycles. The van der Waals surface area contributed by atoms with E-state index in [9.17, 15) is 4.79 Å². The molecule has 3 aromatic rings. The van der Waals surface area contributed by atoms with Gasteiger partial charge in [-0.05, 0) is 51.0 Å². The number of carbonyl (C=O) groups excluding carboxylic acids is 1. The number of aromatic nitrogens is 3. The van der Waals surface area contributed by atoms with Crippen LogP contribution in [0.15, 0.2) is 24.3 Å². The summed E-state index contributed by atoms with van der Waals surface area (Å²) in [5, 5.41) is 4.53. The van der Waals surface area contributed by atoms with Crippen LogP contribution in [0.4, 0.5) is 0 Å². The van der Waals surface area contributed by atoms with Gasteiger partial charge in [0.05, 0.1) is 19.9 Å². The molecule has 0 radical (unpaired) electrons. The van der Waals surface area contributed by atoms with E-state index in [1.165, 1.54) is 0 Å². The Kier molecular flexibility index (Phi) is 6.83. The number of nitrogens with zero attached hydrogens (tertiary/aromatic N) is 5. The fourth-order valence-corrected chi connectivity index (χ4v) is 4.59. The Hall–Kier alpha value is -3.13. The lowest BCUT2D eigenvalue weighted by atomic mass is 10.1. The average Bonchev–Trinajstić information content (AvgIpc) is 3.19. The summed E-state index contributed by atoms with van der Waals surface area (Å²) in [7, 11) is 3.36. The first-order valence-corrected chi connectivity index (χ1v) is 11.4. The molecule has 1 aliphatic heterocycles. The van der Waals surface area contributed by atoms with Gasteiger partial charge in [-0.1, -0.05) is 0 Å². The van der Waals surface area contributed by atoms with Crippen LogP contribution in [0.5, 0.6) is 11.5 Å². The predicted octanol–water partition coefficient (Wildman–Crippen LogP) is 2.95. The van der Waals surface area contributed by atoms with Gasteiger partial charge >= 0.3 is 0 Å². The molecule has 1 aromatic carbocycles. The fourth-order valence-electron chi connectivity index (χ4n) is 4.59. The summed E-state index contributed by atoms with van der Waals surface area (Å²) >= 11 is 0. The van der Waals surface area contributed by atoms with Gasteiger partial charge in [0, 0.05) is 62.2 Å². The zero-order valence-electron chi connectivity index (χ0n) is 20.2. The molecule has 8 heteroatoms. The summed E-state index contributed by atoms with van der Waals surface area (Å²) in [5.41, 5.74) is 6.06. The lowest BCUT2D eigenvalue weighted by Crippen LogP contribution is -2.48. The zero-order valence-corrected chi connectivity index (χ0v) is 20.2. The van der Waals surface area contributed by atoms with Crippen molar-refractivity contribution in [1.29, 1.82) is 0 Å². The van der Waals surface area contributed by atoms with Crippen LogP contribution in [0.3, 0.4) is 0 Å².